The third-order valence-corrected chi connectivity index (χ3v) is 2.50. The topological polar surface area (TPSA) is 29.0 Å². The van der Waals surface area contributed by atoms with Crippen molar-refractivity contribution >= 4 is 27.4 Å². The lowest BCUT2D eigenvalue weighted by Crippen LogP contribution is -2.11. The van der Waals surface area contributed by atoms with Crippen LogP contribution in [0.1, 0.15) is 0 Å². The molecule has 1 heterocycles. The first-order valence-electron chi connectivity index (χ1n) is 4.54. The van der Waals surface area contributed by atoms with Gasteiger partial charge in [0, 0.05) is 12.7 Å². The Bertz CT molecular complexity index is 427. The number of nitrogens with zero attached hydrogens (tertiary/aromatic N) is 3. The number of hydrogen-bond donors (Lipinski definition) is 0. The van der Waals surface area contributed by atoms with E-state index in [2.05, 4.69) is 25.9 Å². The molecule has 0 atom stereocenters. The number of halogens is 1. The van der Waals surface area contributed by atoms with Gasteiger partial charge >= 0.3 is 0 Å². The summed E-state index contributed by atoms with van der Waals surface area (Å²) in [6.07, 6.45) is 3.42. The van der Waals surface area contributed by atoms with Crippen LogP contribution < -0.4 is 4.90 Å². The predicted molar refractivity (Wildman–Crippen MR) is 64.2 cm³/mol. The van der Waals surface area contributed by atoms with E-state index < -0.39 is 0 Å². The van der Waals surface area contributed by atoms with Crippen LogP contribution in [0.2, 0.25) is 0 Å². The molecule has 0 saturated carbocycles. The van der Waals surface area contributed by atoms with Gasteiger partial charge in [-0.05, 0) is 28.1 Å². The third kappa shape index (κ3) is 2.33. The molecule has 0 N–H and O–H groups in total. The van der Waals surface area contributed by atoms with Crippen LogP contribution in [-0.4, -0.2) is 17.0 Å². The maximum Gasteiger partial charge on any atom is 0.151 e. The number of anilines is 2. The summed E-state index contributed by atoms with van der Waals surface area (Å²) in [6.45, 7) is 0. The van der Waals surface area contributed by atoms with Gasteiger partial charge in [-0.2, -0.15) is 0 Å². The van der Waals surface area contributed by atoms with E-state index in [4.69, 9.17) is 0 Å². The Labute approximate surface area is 96.9 Å². The minimum absolute atomic E-state index is 0.743. The van der Waals surface area contributed by atoms with E-state index in [-0.39, 0.29) is 0 Å². The molecule has 0 aliphatic rings. The van der Waals surface area contributed by atoms with Crippen LogP contribution in [0.3, 0.4) is 0 Å². The van der Waals surface area contributed by atoms with E-state index in [0.29, 0.717) is 0 Å². The Kier molecular flexibility index (Phi) is 2.97. The summed E-state index contributed by atoms with van der Waals surface area (Å²) in [5, 5.41) is 0. The quantitative estimate of drug-likeness (QED) is 0.834. The van der Waals surface area contributed by atoms with Crippen molar-refractivity contribution < 1.29 is 0 Å². The Morgan fingerprint density at radius 3 is 2.40 bits per heavy atom. The maximum atomic E-state index is 4.27. The summed E-state index contributed by atoms with van der Waals surface area (Å²) in [7, 11) is 1.97. The fourth-order valence-electron chi connectivity index (χ4n) is 1.26. The molecule has 1 aromatic heterocycles. The zero-order valence-electron chi connectivity index (χ0n) is 8.26. The summed E-state index contributed by atoms with van der Waals surface area (Å²) in [5.74, 6) is 0.824. The second-order valence-electron chi connectivity index (χ2n) is 3.09. The number of rotatable bonds is 2. The van der Waals surface area contributed by atoms with Gasteiger partial charge in [0.15, 0.2) is 5.82 Å². The molecular formula is C11H10BrN3. The normalized spacial score (nSPS) is 10.0. The monoisotopic (exact) mass is 263 g/mol. The van der Waals surface area contributed by atoms with E-state index in [1.54, 1.807) is 12.4 Å². The maximum absolute atomic E-state index is 4.27. The average Bonchev–Trinajstić information content (AvgIpc) is 2.30. The van der Waals surface area contributed by atoms with Crippen molar-refractivity contribution in [2.24, 2.45) is 0 Å². The van der Waals surface area contributed by atoms with Gasteiger partial charge in [-0.3, -0.25) is 0 Å². The molecule has 2 aromatic rings. The molecule has 0 spiro atoms. The van der Waals surface area contributed by atoms with Crippen LogP contribution in [0, 0.1) is 0 Å². The molecule has 2 rings (SSSR count). The van der Waals surface area contributed by atoms with E-state index in [1.807, 2.05) is 42.3 Å². The van der Waals surface area contributed by atoms with Crippen molar-refractivity contribution in [1.29, 1.82) is 0 Å². The zero-order valence-corrected chi connectivity index (χ0v) is 9.85. The minimum atomic E-state index is 0.743. The van der Waals surface area contributed by atoms with Gasteiger partial charge in [-0.1, -0.05) is 18.2 Å². The second kappa shape index (κ2) is 4.40. The number of hydrogen-bond acceptors (Lipinski definition) is 3. The molecule has 15 heavy (non-hydrogen) atoms. The molecule has 0 radical (unpaired) electrons. The largest absolute Gasteiger partial charge is 0.328 e. The fraction of sp³-hybridized carbons (Fsp3) is 0.0909. The van der Waals surface area contributed by atoms with Crippen LogP contribution in [-0.2, 0) is 0 Å². The van der Waals surface area contributed by atoms with Gasteiger partial charge in [-0.25, -0.2) is 9.97 Å². The van der Waals surface area contributed by atoms with Crippen molar-refractivity contribution in [3.63, 3.8) is 0 Å². The van der Waals surface area contributed by atoms with Gasteiger partial charge in [0.05, 0.1) is 12.4 Å². The standard InChI is InChI=1S/C11H10BrN3/c1-15(9-5-3-2-4-6-9)11-8-13-10(12)7-14-11/h2-8H,1H3. The summed E-state index contributed by atoms with van der Waals surface area (Å²) in [6, 6.07) is 10.0. The predicted octanol–water partition coefficient (Wildman–Crippen LogP) is 3.01. The van der Waals surface area contributed by atoms with E-state index in [0.717, 1.165) is 16.1 Å². The molecule has 0 amide bonds. The van der Waals surface area contributed by atoms with Crippen LogP contribution in [0.15, 0.2) is 47.3 Å². The molecule has 1 aromatic carbocycles. The average molecular weight is 264 g/mol. The Balaban J connectivity index is 2.29. The van der Waals surface area contributed by atoms with Gasteiger partial charge in [0.2, 0.25) is 0 Å². The fourth-order valence-corrected chi connectivity index (χ4v) is 1.47. The SMILES string of the molecule is CN(c1ccccc1)c1cnc(Br)cn1. The van der Waals surface area contributed by atoms with Crippen LogP contribution in [0.25, 0.3) is 0 Å². The summed E-state index contributed by atoms with van der Waals surface area (Å²) in [5.41, 5.74) is 1.09. The second-order valence-corrected chi connectivity index (χ2v) is 3.90. The van der Waals surface area contributed by atoms with Gasteiger partial charge in [-0.15, -0.1) is 0 Å². The highest BCUT2D eigenvalue weighted by atomic mass is 79.9. The van der Waals surface area contributed by atoms with E-state index >= 15 is 0 Å². The third-order valence-electron chi connectivity index (χ3n) is 2.09. The molecule has 4 heteroatoms. The van der Waals surface area contributed by atoms with Gasteiger partial charge in [0.1, 0.15) is 4.60 Å². The molecular weight excluding hydrogens is 254 g/mol. The lowest BCUT2D eigenvalue weighted by molar-refractivity contribution is 1.07. The molecule has 0 unspecified atom stereocenters. The molecule has 0 aliphatic heterocycles. The Morgan fingerprint density at radius 2 is 1.80 bits per heavy atom. The summed E-state index contributed by atoms with van der Waals surface area (Å²) < 4.78 is 0.743. The first-order chi connectivity index (χ1) is 7.27. The molecule has 0 fully saturated rings. The number of aromatic nitrogens is 2. The van der Waals surface area contributed by atoms with Crippen LogP contribution in [0.4, 0.5) is 11.5 Å². The number of benzene rings is 1. The molecule has 76 valence electrons. The Hall–Kier alpha value is -1.42. The van der Waals surface area contributed by atoms with Crippen molar-refractivity contribution in [3.05, 3.63) is 47.3 Å². The smallest absolute Gasteiger partial charge is 0.151 e. The van der Waals surface area contributed by atoms with Crippen molar-refractivity contribution in [3.8, 4) is 0 Å². The highest BCUT2D eigenvalue weighted by molar-refractivity contribution is 9.10. The van der Waals surface area contributed by atoms with E-state index in [1.165, 1.54) is 0 Å². The first-order valence-corrected chi connectivity index (χ1v) is 5.33. The first kappa shape index (κ1) is 10.1. The summed E-state index contributed by atoms with van der Waals surface area (Å²) in [4.78, 5) is 10.4. The highest BCUT2D eigenvalue weighted by Crippen LogP contribution is 2.20. The highest BCUT2D eigenvalue weighted by Gasteiger charge is 2.04. The van der Waals surface area contributed by atoms with Gasteiger partial charge in [0.25, 0.3) is 0 Å². The minimum Gasteiger partial charge on any atom is -0.328 e. The molecule has 0 aliphatic carbocycles. The number of para-hydroxylation sites is 1. The van der Waals surface area contributed by atoms with Crippen LogP contribution >= 0.6 is 15.9 Å². The molecule has 0 bridgehead atoms. The summed E-state index contributed by atoms with van der Waals surface area (Å²) >= 11 is 3.26. The van der Waals surface area contributed by atoms with Crippen molar-refractivity contribution in [1.82, 2.24) is 9.97 Å². The van der Waals surface area contributed by atoms with E-state index in [9.17, 15) is 0 Å². The van der Waals surface area contributed by atoms with Gasteiger partial charge < -0.3 is 4.90 Å². The van der Waals surface area contributed by atoms with Crippen molar-refractivity contribution in [2.45, 2.75) is 0 Å². The molecule has 0 saturated heterocycles. The lowest BCUT2D eigenvalue weighted by Gasteiger charge is -2.17. The molecule has 3 nitrogen and oxygen atoms in total. The van der Waals surface area contributed by atoms with Crippen LogP contribution in [0.5, 0.6) is 0 Å². The lowest BCUT2D eigenvalue weighted by atomic mass is 10.3. The van der Waals surface area contributed by atoms with Crippen molar-refractivity contribution in [2.75, 3.05) is 11.9 Å². The zero-order chi connectivity index (χ0) is 10.7. The Morgan fingerprint density at radius 1 is 1.07 bits per heavy atom.